The Morgan fingerprint density at radius 2 is 1.97 bits per heavy atom. The largest absolute Gasteiger partial charge is 0.458 e. The highest BCUT2D eigenvalue weighted by molar-refractivity contribution is 6.03. The first-order chi connectivity index (χ1) is 15.5. The van der Waals surface area contributed by atoms with Gasteiger partial charge in [0.2, 0.25) is 6.10 Å². The zero-order valence-corrected chi connectivity index (χ0v) is 19.6. The highest BCUT2D eigenvalue weighted by Crippen LogP contribution is 2.29. The number of carbonyl (C=O) groups excluding carboxylic acids is 4. The second kappa shape index (κ2) is 9.88. The fraction of sp³-hybridized carbons (Fsp3) is 0.565. The number of amides is 2. The second-order valence-corrected chi connectivity index (χ2v) is 8.97. The van der Waals surface area contributed by atoms with Gasteiger partial charge in [-0.15, -0.1) is 0 Å². The molecule has 10 nitrogen and oxygen atoms in total. The van der Waals surface area contributed by atoms with Crippen LogP contribution in [0.2, 0.25) is 0 Å². The molecule has 0 unspecified atom stereocenters. The molecular formula is C23H30N2O8. The average Bonchev–Trinajstić information content (AvgIpc) is 3.03. The Labute approximate surface area is 192 Å². The first-order valence-electron chi connectivity index (χ1n) is 10.9. The van der Waals surface area contributed by atoms with Crippen LogP contribution in [0, 0.1) is 0 Å². The molecule has 1 aromatic carbocycles. The lowest BCUT2D eigenvalue weighted by atomic mass is 10.1. The summed E-state index contributed by atoms with van der Waals surface area (Å²) >= 11 is 0. The van der Waals surface area contributed by atoms with E-state index < -0.39 is 35.7 Å². The number of anilines is 1. The van der Waals surface area contributed by atoms with Crippen LogP contribution < -0.4 is 4.90 Å². The number of hydrogen-bond acceptors (Lipinski definition) is 8. The Hall–Kier alpha value is -2.98. The molecule has 0 aromatic heterocycles. The molecule has 2 aliphatic rings. The summed E-state index contributed by atoms with van der Waals surface area (Å²) in [5, 5.41) is 0. The zero-order valence-electron chi connectivity index (χ0n) is 19.6. The van der Waals surface area contributed by atoms with Crippen molar-refractivity contribution in [3.63, 3.8) is 0 Å². The smallest absolute Gasteiger partial charge is 0.343 e. The van der Waals surface area contributed by atoms with Crippen LogP contribution in [-0.2, 0) is 40.2 Å². The summed E-state index contributed by atoms with van der Waals surface area (Å²) in [5.74, 6) is -2.34. The summed E-state index contributed by atoms with van der Waals surface area (Å²) < 4.78 is 10.9. The molecule has 10 heteroatoms. The molecule has 1 aromatic rings. The topological polar surface area (TPSA) is 112 Å². The summed E-state index contributed by atoms with van der Waals surface area (Å²) in [6.45, 7) is 9.61. The van der Waals surface area contributed by atoms with Gasteiger partial charge in [0.05, 0.1) is 6.61 Å². The minimum absolute atomic E-state index is 0.0734. The monoisotopic (exact) mass is 462 g/mol. The number of nitrogens with zero attached hydrogens (tertiary/aromatic N) is 2. The van der Waals surface area contributed by atoms with Crippen molar-refractivity contribution in [2.45, 2.75) is 65.4 Å². The summed E-state index contributed by atoms with van der Waals surface area (Å²) in [5.41, 5.74) is 1.10. The Morgan fingerprint density at radius 3 is 2.61 bits per heavy atom. The Kier molecular flexibility index (Phi) is 7.38. The van der Waals surface area contributed by atoms with Crippen molar-refractivity contribution in [1.82, 2.24) is 4.90 Å². The quantitative estimate of drug-likeness (QED) is 0.344. The van der Waals surface area contributed by atoms with E-state index in [4.69, 9.17) is 14.4 Å². The molecule has 1 saturated heterocycles. The van der Waals surface area contributed by atoms with Crippen LogP contribution in [0.1, 0.15) is 57.0 Å². The summed E-state index contributed by atoms with van der Waals surface area (Å²) in [7, 11) is 0. The van der Waals surface area contributed by atoms with E-state index in [1.54, 1.807) is 37.8 Å². The average molecular weight is 462 g/mol. The number of benzene rings is 1. The van der Waals surface area contributed by atoms with E-state index in [2.05, 4.69) is 4.89 Å². The third kappa shape index (κ3) is 5.69. The Morgan fingerprint density at radius 1 is 1.24 bits per heavy atom. The first kappa shape index (κ1) is 24.7. The van der Waals surface area contributed by atoms with Crippen molar-refractivity contribution in [2.75, 3.05) is 24.6 Å². The third-order valence-corrected chi connectivity index (χ3v) is 5.08. The Balaban J connectivity index is 1.84. The fourth-order valence-electron chi connectivity index (χ4n) is 3.74. The normalized spacial score (nSPS) is 19.4. The first-order valence-corrected chi connectivity index (χ1v) is 10.9. The van der Waals surface area contributed by atoms with Gasteiger partial charge in [0.1, 0.15) is 5.60 Å². The van der Waals surface area contributed by atoms with Crippen LogP contribution in [-0.4, -0.2) is 66.2 Å². The van der Waals surface area contributed by atoms with Crippen molar-refractivity contribution in [3.8, 4) is 0 Å². The van der Waals surface area contributed by atoms with E-state index >= 15 is 0 Å². The number of esters is 1. The molecule has 0 spiro atoms. The van der Waals surface area contributed by atoms with Crippen LogP contribution in [0.3, 0.4) is 0 Å². The van der Waals surface area contributed by atoms with Gasteiger partial charge in [-0.2, -0.15) is 4.89 Å². The molecule has 2 atom stereocenters. The molecule has 0 aliphatic carbocycles. The zero-order chi connectivity index (χ0) is 24.3. The van der Waals surface area contributed by atoms with Gasteiger partial charge in [-0.05, 0) is 44.9 Å². The van der Waals surface area contributed by atoms with E-state index in [1.807, 2.05) is 13.0 Å². The minimum atomic E-state index is -1.61. The SMILES string of the molecule is CCCN1Cc2ccc(N3CCO[C@H]([C@@H](OOC(C)=O)C(=O)OC(C)(C)C)C3=O)cc2C1=O. The van der Waals surface area contributed by atoms with E-state index in [0.717, 1.165) is 18.9 Å². The van der Waals surface area contributed by atoms with E-state index in [-0.39, 0.29) is 19.1 Å². The molecule has 0 radical (unpaired) electrons. The number of hydrogen-bond donors (Lipinski definition) is 0. The van der Waals surface area contributed by atoms with Crippen molar-refractivity contribution in [2.24, 2.45) is 0 Å². The summed E-state index contributed by atoms with van der Waals surface area (Å²) in [4.78, 5) is 62.7. The van der Waals surface area contributed by atoms with E-state index in [0.29, 0.717) is 24.3 Å². The maximum atomic E-state index is 13.3. The third-order valence-electron chi connectivity index (χ3n) is 5.08. The molecule has 1 fully saturated rings. The van der Waals surface area contributed by atoms with Gasteiger partial charge in [-0.1, -0.05) is 13.0 Å². The van der Waals surface area contributed by atoms with Crippen molar-refractivity contribution in [3.05, 3.63) is 29.3 Å². The molecule has 180 valence electrons. The van der Waals surface area contributed by atoms with Crippen LogP contribution in [0.4, 0.5) is 5.69 Å². The summed E-state index contributed by atoms with van der Waals surface area (Å²) in [6.07, 6.45) is -2.15. The van der Waals surface area contributed by atoms with E-state index in [9.17, 15) is 19.2 Å². The predicted molar refractivity (Wildman–Crippen MR) is 116 cm³/mol. The lowest BCUT2D eigenvalue weighted by molar-refractivity contribution is -0.309. The van der Waals surface area contributed by atoms with Gasteiger partial charge in [0, 0.05) is 37.8 Å². The van der Waals surface area contributed by atoms with E-state index in [1.165, 1.54) is 4.90 Å². The molecule has 2 aliphatic heterocycles. The van der Waals surface area contributed by atoms with Gasteiger partial charge < -0.3 is 19.3 Å². The predicted octanol–water partition coefficient (Wildman–Crippen LogP) is 1.99. The molecule has 0 N–H and O–H groups in total. The number of rotatable bonds is 7. The maximum absolute atomic E-state index is 13.3. The highest BCUT2D eigenvalue weighted by Gasteiger charge is 2.45. The van der Waals surface area contributed by atoms with Crippen LogP contribution >= 0.6 is 0 Å². The molecule has 0 saturated carbocycles. The summed E-state index contributed by atoms with van der Waals surface area (Å²) in [6, 6.07) is 5.27. The van der Waals surface area contributed by atoms with Crippen molar-refractivity contribution >= 4 is 29.4 Å². The standard InChI is InChI=1S/C23H30N2O8/c1-6-9-24-13-15-7-8-16(12-17(15)20(24)27)25-10-11-30-18(21(25)28)19(33-32-14(2)26)22(29)31-23(3,4)5/h7-8,12,18-19H,6,9-11,13H2,1-5H3/t18-,19-/m1/s1. The number of fused-ring (bicyclic) bond motifs is 1. The van der Waals surface area contributed by atoms with Crippen LogP contribution in [0.25, 0.3) is 0 Å². The molecule has 2 amide bonds. The lowest BCUT2D eigenvalue weighted by Crippen LogP contribution is -2.56. The minimum Gasteiger partial charge on any atom is -0.458 e. The van der Waals surface area contributed by atoms with Crippen molar-refractivity contribution in [1.29, 1.82) is 0 Å². The van der Waals surface area contributed by atoms with Gasteiger partial charge in [-0.3, -0.25) is 14.5 Å². The molecule has 33 heavy (non-hydrogen) atoms. The number of morpholine rings is 1. The number of ether oxygens (including phenoxy) is 2. The van der Waals surface area contributed by atoms with Crippen molar-refractivity contribution < 1.29 is 38.4 Å². The van der Waals surface area contributed by atoms with Gasteiger partial charge in [0.25, 0.3) is 11.8 Å². The highest BCUT2D eigenvalue weighted by atomic mass is 17.2. The molecule has 0 bridgehead atoms. The maximum Gasteiger partial charge on any atom is 0.343 e. The fourth-order valence-corrected chi connectivity index (χ4v) is 3.74. The molecular weight excluding hydrogens is 432 g/mol. The van der Waals surface area contributed by atoms with Gasteiger partial charge in [0.15, 0.2) is 6.10 Å². The molecule has 3 rings (SSSR count). The lowest BCUT2D eigenvalue weighted by Gasteiger charge is -2.35. The number of carbonyl (C=O) groups is 4. The second-order valence-electron chi connectivity index (χ2n) is 8.97. The molecule has 2 heterocycles. The van der Waals surface area contributed by atoms with Crippen LogP contribution in [0.5, 0.6) is 0 Å². The van der Waals surface area contributed by atoms with Crippen LogP contribution in [0.15, 0.2) is 18.2 Å². The van der Waals surface area contributed by atoms with Gasteiger partial charge >= 0.3 is 11.9 Å². The van der Waals surface area contributed by atoms with Gasteiger partial charge in [-0.25, -0.2) is 9.59 Å². The Bertz CT molecular complexity index is 939.